The maximum Gasteiger partial charge on any atom is 0.283 e. The molecule has 8 heteroatoms. The summed E-state index contributed by atoms with van der Waals surface area (Å²) in [6.45, 7) is 0. The Kier molecular flexibility index (Phi) is 5.33. The molecule has 1 N–H and O–H groups in total. The van der Waals surface area contributed by atoms with Crippen LogP contribution in [-0.4, -0.2) is 10.8 Å². The van der Waals surface area contributed by atoms with E-state index in [0.717, 1.165) is 8.04 Å². The molecule has 0 fully saturated rings. The van der Waals surface area contributed by atoms with Gasteiger partial charge in [-0.25, -0.2) is 0 Å². The molecule has 5 nitrogen and oxygen atoms in total. The fourth-order valence-corrected chi connectivity index (χ4v) is 3.07. The first-order valence-corrected chi connectivity index (χ1v) is 8.25. The number of hydrogen-bond acceptors (Lipinski definition) is 3. The van der Waals surface area contributed by atoms with Gasteiger partial charge in [-0.3, -0.25) is 14.9 Å². The van der Waals surface area contributed by atoms with Crippen LogP contribution in [0.5, 0.6) is 0 Å². The van der Waals surface area contributed by atoms with Crippen LogP contribution in [0.25, 0.3) is 0 Å². The van der Waals surface area contributed by atoms with Crippen molar-refractivity contribution >= 4 is 71.7 Å². The highest BCUT2D eigenvalue weighted by atomic mass is 127. The molecule has 0 radical (unpaired) electrons. The predicted octanol–water partition coefficient (Wildman–Crippen LogP) is 4.98. The van der Waals surface area contributed by atoms with Gasteiger partial charge in [-0.1, -0.05) is 15.9 Å². The van der Waals surface area contributed by atoms with Crippen LogP contribution in [0, 0.1) is 13.7 Å². The molecule has 0 unspecified atom stereocenters. The number of hydrogen-bond donors (Lipinski definition) is 1. The van der Waals surface area contributed by atoms with E-state index in [0.29, 0.717) is 15.7 Å². The lowest BCUT2D eigenvalue weighted by atomic mass is 10.2. The van der Waals surface area contributed by atoms with Gasteiger partial charge in [0, 0.05) is 19.8 Å². The van der Waals surface area contributed by atoms with E-state index >= 15 is 0 Å². The molecule has 108 valence electrons. The number of amides is 1. The first-order valence-electron chi connectivity index (χ1n) is 5.59. The molecule has 0 aromatic heterocycles. The number of nitro benzene ring substituents is 1. The van der Waals surface area contributed by atoms with E-state index in [2.05, 4.69) is 59.8 Å². The van der Waals surface area contributed by atoms with Crippen molar-refractivity contribution in [3.05, 3.63) is 64.6 Å². The van der Waals surface area contributed by atoms with Gasteiger partial charge in [-0.15, -0.1) is 0 Å². The van der Waals surface area contributed by atoms with E-state index in [1.54, 1.807) is 6.07 Å². The molecule has 0 spiro atoms. The van der Waals surface area contributed by atoms with Gasteiger partial charge in [0.2, 0.25) is 0 Å². The Morgan fingerprint density at radius 2 is 1.90 bits per heavy atom. The number of carbonyl (C=O) groups is 1. The number of nitrogens with one attached hydrogen (secondary N) is 1. The first kappa shape index (κ1) is 16.4. The van der Waals surface area contributed by atoms with E-state index in [4.69, 9.17) is 0 Å². The SMILES string of the molecule is O=C(Nc1ccc([N+](=O)[O-])c(Br)c1)c1cc(Br)ccc1I. The summed E-state index contributed by atoms with van der Waals surface area (Å²) >= 11 is 8.51. The normalized spacial score (nSPS) is 10.2. The molecule has 0 aliphatic heterocycles. The summed E-state index contributed by atoms with van der Waals surface area (Å²) in [7, 11) is 0. The van der Waals surface area contributed by atoms with E-state index in [1.165, 1.54) is 18.2 Å². The standard InChI is InChI=1S/C13H7Br2IN2O3/c14-7-1-3-11(16)9(5-7)13(19)17-8-2-4-12(18(20)21)10(15)6-8/h1-6H,(H,17,19). The molecule has 0 aliphatic carbocycles. The minimum Gasteiger partial charge on any atom is -0.322 e. The van der Waals surface area contributed by atoms with Gasteiger partial charge in [-0.2, -0.15) is 0 Å². The summed E-state index contributed by atoms with van der Waals surface area (Å²) in [5.41, 5.74) is 0.956. The van der Waals surface area contributed by atoms with Gasteiger partial charge in [0.05, 0.1) is 15.0 Å². The highest BCUT2D eigenvalue weighted by Crippen LogP contribution is 2.28. The Labute approximate surface area is 150 Å². The minimum atomic E-state index is -0.493. The quantitative estimate of drug-likeness (QED) is 0.349. The number of benzene rings is 2. The molecular formula is C13H7Br2IN2O3. The Bertz CT molecular complexity index is 737. The second-order valence-corrected chi connectivity index (χ2v) is 6.93. The predicted molar refractivity (Wildman–Crippen MR) is 95.6 cm³/mol. The number of rotatable bonds is 3. The Hall–Kier alpha value is -1.000. The van der Waals surface area contributed by atoms with Crippen LogP contribution < -0.4 is 5.32 Å². The lowest BCUT2D eigenvalue weighted by molar-refractivity contribution is -0.385. The van der Waals surface area contributed by atoms with Crippen molar-refractivity contribution in [3.8, 4) is 0 Å². The Balaban J connectivity index is 2.26. The Morgan fingerprint density at radius 1 is 1.19 bits per heavy atom. The second kappa shape index (κ2) is 6.84. The fourth-order valence-electron chi connectivity index (χ4n) is 1.60. The van der Waals surface area contributed by atoms with E-state index in [9.17, 15) is 14.9 Å². The molecule has 2 aromatic rings. The van der Waals surface area contributed by atoms with Crippen molar-refractivity contribution in [1.29, 1.82) is 0 Å². The van der Waals surface area contributed by atoms with Gasteiger partial charge in [0.1, 0.15) is 0 Å². The molecule has 0 aliphatic rings. The molecule has 2 rings (SSSR count). The van der Waals surface area contributed by atoms with Crippen molar-refractivity contribution in [1.82, 2.24) is 0 Å². The summed E-state index contributed by atoms with van der Waals surface area (Å²) in [4.78, 5) is 22.5. The lowest BCUT2D eigenvalue weighted by Crippen LogP contribution is -2.13. The van der Waals surface area contributed by atoms with Gasteiger partial charge in [0.15, 0.2) is 0 Å². The topological polar surface area (TPSA) is 72.2 Å². The van der Waals surface area contributed by atoms with E-state index in [-0.39, 0.29) is 11.6 Å². The van der Waals surface area contributed by atoms with E-state index in [1.807, 2.05) is 12.1 Å². The molecule has 21 heavy (non-hydrogen) atoms. The number of nitro groups is 1. The average Bonchev–Trinajstić information content (AvgIpc) is 2.41. The summed E-state index contributed by atoms with van der Waals surface area (Å²) in [6.07, 6.45) is 0. The van der Waals surface area contributed by atoms with Gasteiger partial charge < -0.3 is 5.32 Å². The highest BCUT2D eigenvalue weighted by molar-refractivity contribution is 14.1. The van der Waals surface area contributed by atoms with Crippen molar-refractivity contribution in [3.63, 3.8) is 0 Å². The molecule has 0 saturated carbocycles. The monoisotopic (exact) mass is 524 g/mol. The van der Waals surface area contributed by atoms with Crippen molar-refractivity contribution < 1.29 is 9.72 Å². The van der Waals surface area contributed by atoms with Crippen LogP contribution >= 0.6 is 54.5 Å². The van der Waals surface area contributed by atoms with Crippen LogP contribution in [-0.2, 0) is 0 Å². The maximum atomic E-state index is 12.2. The largest absolute Gasteiger partial charge is 0.322 e. The van der Waals surface area contributed by atoms with Crippen LogP contribution in [0.3, 0.4) is 0 Å². The molecule has 0 heterocycles. The summed E-state index contributed by atoms with van der Waals surface area (Å²) in [5, 5.41) is 13.5. The summed E-state index contributed by atoms with van der Waals surface area (Å²) in [5.74, 6) is -0.276. The third-order valence-corrected chi connectivity index (χ3v) is 4.64. The number of carbonyl (C=O) groups excluding carboxylic acids is 1. The second-order valence-electron chi connectivity index (χ2n) is 4.00. The first-order chi connectivity index (χ1) is 9.88. The third-order valence-electron chi connectivity index (χ3n) is 2.58. The minimum absolute atomic E-state index is 0.0509. The molecule has 0 saturated heterocycles. The molecular weight excluding hydrogens is 519 g/mol. The molecule has 1 amide bonds. The van der Waals surface area contributed by atoms with E-state index < -0.39 is 4.92 Å². The number of halogens is 3. The fraction of sp³-hybridized carbons (Fsp3) is 0. The maximum absolute atomic E-state index is 12.2. The van der Waals surface area contributed by atoms with Gasteiger partial charge >= 0.3 is 0 Å². The number of nitrogens with zero attached hydrogens (tertiary/aromatic N) is 1. The van der Waals surface area contributed by atoms with Crippen molar-refractivity contribution in [2.75, 3.05) is 5.32 Å². The summed E-state index contributed by atoms with van der Waals surface area (Å²) in [6, 6.07) is 9.72. The zero-order valence-electron chi connectivity index (χ0n) is 10.3. The third kappa shape index (κ3) is 4.01. The van der Waals surface area contributed by atoms with Crippen LogP contribution in [0.15, 0.2) is 45.3 Å². The van der Waals surface area contributed by atoms with Crippen LogP contribution in [0.2, 0.25) is 0 Å². The zero-order chi connectivity index (χ0) is 15.6. The highest BCUT2D eigenvalue weighted by Gasteiger charge is 2.14. The molecule has 2 aromatic carbocycles. The summed E-state index contributed by atoms with van der Waals surface area (Å²) < 4.78 is 1.93. The Morgan fingerprint density at radius 3 is 2.52 bits per heavy atom. The average molecular weight is 526 g/mol. The van der Waals surface area contributed by atoms with Gasteiger partial charge in [-0.05, 0) is 68.9 Å². The molecule has 0 atom stereocenters. The van der Waals surface area contributed by atoms with Crippen molar-refractivity contribution in [2.24, 2.45) is 0 Å². The van der Waals surface area contributed by atoms with Gasteiger partial charge in [0.25, 0.3) is 11.6 Å². The van der Waals surface area contributed by atoms with Crippen LogP contribution in [0.1, 0.15) is 10.4 Å². The number of anilines is 1. The zero-order valence-corrected chi connectivity index (χ0v) is 15.6. The van der Waals surface area contributed by atoms with Crippen molar-refractivity contribution in [2.45, 2.75) is 0 Å². The smallest absolute Gasteiger partial charge is 0.283 e. The van der Waals surface area contributed by atoms with Crippen LogP contribution in [0.4, 0.5) is 11.4 Å². The molecule has 0 bridgehead atoms. The lowest BCUT2D eigenvalue weighted by Gasteiger charge is -2.08.